The predicted molar refractivity (Wildman–Crippen MR) is 125 cm³/mol. The molecular weight excluding hydrogens is 467 g/mol. The van der Waals surface area contributed by atoms with E-state index in [1.54, 1.807) is 26.1 Å². The topological polar surface area (TPSA) is 66.0 Å². The maximum absolute atomic E-state index is 12.0. The minimum absolute atomic E-state index is 0. The summed E-state index contributed by atoms with van der Waals surface area (Å²) in [6, 6.07) is 10.4. The van der Waals surface area contributed by atoms with Crippen LogP contribution >= 0.6 is 24.0 Å². The Morgan fingerprint density at radius 1 is 1.25 bits per heavy atom. The highest BCUT2D eigenvalue weighted by atomic mass is 127. The van der Waals surface area contributed by atoms with E-state index in [1.807, 2.05) is 18.2 Å². The zero-order valence-corrected chi connectivity index (χ0v) is 20.0. The van der Waals surface area contributed by atoms with Gasteiger partial charge in [0.1, 0.15) is 0 Å². The molecule has 0 spiro atoms. The lowest BCUT2D eigenvalue weighted by atomic mass is 9.58. The lowest BCUT2D eigenvalue weighted by molar-refractivity contribution is -0.127. The van der Waals surface area contributed by atoms with Crippen molar-refractivity contribution >= 4 is 35.8 Å². The van der Waals surface area contributed by atoms with Crippen molar-refractivity contribution in [3.63, 3.8) is 0 Å². The molecule has 28 heavy (non-hydrogen) atoms. The summed E-state index contributed by atoms with van der Waals surface area (Å²) in [5.74, 6) is 0.699. The first-order valence-electron chi connectivity index (χ1n) is 9.78. The first-order valence-corrected chi connectivity index (χ1v) is 9.78. The number of ether oxygens (including phenoxy) is 1. The van der Waals surface area contributed by atoms with Gasteiger partial charge in [0.05, 0.1) is 19.2 Å². The third kappa shape index (κ3) is 5.83. The van der Waals surface area contributed by atoms with Crippen molar-refractivity contribution in [1.29, 1.82) is 0 Å². The van der Waals surface area contributed by atoms with Crippen molar-refractivity contribution in [2.24, 2.45) is 10.4 Å². The van der Waals surface area contributed by atoms with E-state index in [4.69, 9.17) is 9.73 Å². The Morgan fingerprint density at radius 2 is 1.89 bits per heavy atom. The van der Waals surface area contributed by atoms with Gasteiger partial charge in [0.2, 0.25) is 5.91 Å². The molecule has 1 aliphatic carbocycles. The Kier molecular flexibility index (Phi) is 10.2. The van der Waals surface area contributed by atoms with E-state index in [0.717, 1.165) is 24.8 Å². The van der Waals surface area contributed by atoms with Gasteiger partial charge in [-0.2, -0.15) is 0 Å². The molecule has 2 N–H and O–H groups in total. The number of nitrogens with one attached hydrogen (secondary N) is 2. The monoisotopic (exact) mass is 502 g/mol. The van der Waals surface area contributed by atoms with E-state index in [2.05, 4.69) is 36.6 Å². The van der Waals surface area contributed by atoms with Crippen LogP contribution in [0.2, 0.25) is 0 Å². The highest BCUT2D eigenvalue weighted by molar-refractivity contribution is 14.0. The SMILES string of the molecule is CCC1(CC)C(NC(=NCc2ccccc2)NCC(=O)N(C)C)CC1OC.I. The summed E-state index contributed by atoms with van der Waals surface area (Å²) in [6.45, 7) is 5.22. The molecule has 1 saturated carbocycles. The summed E-state index contributed by atoms with van der Waals surface area (Å²) >= 11 is 0. The zero-order chi connectivity index (χ0) is 19.9. The van der Waals surface area contributed by atoms with Gasteiger partial charge in [-0.1, -0.05) is 44.2 Å². The molecule has 0 aliphatic heterocycles. The Balaban J connectivity index is 0.00000392. The van der Waals surface area contributed by atoms with Gasteiger partial charge in [-0.25, -0.2) is 4.99 Å². The van der Waals surface area contributed by atoms with Crippen LogP contribution in [0.4, 0.5) is 0 Å². The molecule has 6 nitrogen and oxygen atoms in total. The molecule has 158 valence electrons. The van der Waals surface area contributed by atoms with Crippen LogP contribution in [0.25, 0.3) is 0 Å². The van der Waals surface area contributed by atoms with Gasteiger partial charge in [-0.15, -0.1) is 24.0 Å². The van der Waals surface area contributed by atoms with Gasteiger partial charge in [0.25, 0.3) is 0 Å². The number of hydrogen-bond acceptors (Lipinski definition) is 3. The molecule has 1 aromatic rings. The standard InChI is InChI=1S/C21H34N4O2.HI/c1-6-21(7-2)17(13-18(21)27-5)24-20(23-15-19(26)25(3)4)22-14-16-11-9-8-10-12-16;/h8-12,17-18H,6-7,13-15H2,1-5H3,(H2,22,23,24);1H. The number of halogens is 1. The van der Waals surface area contributed by atoms with E-state index < -0.39 is 0 Å². The fourth-order valence-corrected chi connectivity index (χ4v) is 3.87. The number of benzene rings is 1. The Labute approximate surface area is 186 Å². The van der Waals surface area contributed by atoms with Gasteiger partial charge < -0.3 is 20.3 Å². The third-order valence-electron chi connectivity index (χ3n) is 5.87. The van der Waals surface area contributed by atoms with Gasteiger partial charge >= 0.3 is 0 Å². The molecule has 1 amide bonds. The third-order valence-corrected chi connectivity index (χ3v) is 5.87. The molecule has 2 atom stereocenters. The lowest BCUT2D eigenvalue weighted by Crippen LogP contribution is -2.65. The summed E-state index contributed by atoms with van der Waals surface area (Å²) in [6.07, 6.45) is 3.31. The number of likely N-dealkylation sites (N-methyl/N-ethyl adjacent to an activating group) is 1. The molecule has 2 unspecified atom stereocenters. The highest BCUT2D eigenvalue weighted by Crippen LogP contribution is 2.48. The van der Waals surface area contributed by atoms with E-state index >= 15 is 0 Å². The normalized spacial score (nSPS) is 20.5. The number of guanidine groups is 1. The van der Waals surface area contributed by atoms with E-state index in [-0.39, 0.29) is 54.0 Å². The number of carbonyl (C=O) groups excluding carboxylic acids is 1. The van der Waals surface area contributed by atoms with Crippen molar-refractivity contribution in [1.82, 2.24) is 15.5 Å². The molecule has 1 aliphatic rings. The van der Waals surface area contributed by atoms with Crippen LogP contribution in [0.3, 0.4) is 0 Å². The average molecular weight is 502 g/mol. The number of methoxy groups -OCH3 is 1. The van der Waals surface area contributed by atoms with Gasteiger partial charge in [-0.05, 0) is 24.8 Å². The van der Waals surface area contributed by atoms with Crippen LogP contribution in [-0.2, 0) is 16.1 Å². The molecule has 0 aromatic heterocycles. The smallest absolute Gasteiger partial charge is 0.241 e. The number of nitrogens with zero attached hydrogens (tertiary/aromatic N) is 2. The molecule has 0 bridgehead atoms. The predicted octanol–water partition coefficient (Wildman–Crippen LogP) is 3.02. The molecule has 2 rings (SSSR count). The fourth-order valence-electron chi connectivity index (χ4n) is 3.87. The van der Waals surface area contributed by atoms with Crippen LogP contribution in [0.5, 0.6) is 0 Å². The van der Waals surface area contributed by atoms with Crippen molar-refractivity contribution < 1.29 is 9.53 Å². The van der Waals surface area contributed by atoms with Gasteiger partial charge in [-0.3, -0.25) is 4.79 Å². The van der Waals surface area contributed by atoms with E-state index in [9.17, 15) is 4.79 Å². The summed E-state index contributed by atoms with van der Waals surface area (Å²) in [5, 5.41) is 6.76. The quantitative estimate of drug-likeness (QED) is 0.326. The summed E-state index contributed by atoms with van der Waals surface area (Å²) < 4.78 is 5.69. The van der Waals surface area contributed by atoms with E-state index in [1.165, 1.54) is 0 Å². The summed E-state index contributed by atoms with van der Waals surface area (Å²) in [4.78, 5) is 18.3. The molecule has 1 fully saturated rings. The second kappa shape index (κ2) is 11.6. The molecule has 7 heteroatoms. The summed E-state index contributed by atoms with van der Waals surface area (Å²) in [7, 11) is 5.30. The van der Waals surface area contributed by atoms with Crippen LogP contribution in [0.1, 0.15) is 38.7 Å². The number of amides is 1. The number of hydrogen-bond donors (Lipinski definition) is 2. The van der Waals surface area contributed by atoms with Crippen molar-refractivity contribution in [2.45, 2.75) is 51.8 Å². The maximum atomic E-state index is 12.0. The van der Waals surface area contributed by atoms with Crippen LogP contribution in [0, 0.1) is 5.41 Å². The number of rotatable bonds is 8. The van der Waals surface area contributed by atoms with Crippen LogP contribution in [0.15, 0.2) is 35.3 Å². The Morgan fingerprint density at radius 3 is 2.43 bits per heavy atom. The molecular formula is C21H35IN4O2. The first kappa shape index (κ1) is 24.7. The summed E-state index contributed by atoms with van der Waals surface area (Å²) in [5.41, 5.74) is 1.24. The minimum Gasteiger partial charge on any atom is -0.381 e. The van der Waals surface area contributed by atoms with Crippen molar-refractivity contribution in [3.05, 3.63) is 35.9 Å². The van der Waals surface area contributed by atoms with Gasteiger partial charge in [0, 0.05) is 32.7 Å². The van der Waals surface area contributed by atoms with Crippen LogP contribution < -0.4 is 10.6 Å². The second-order valence-corrected chi connectivity index (χ2v) is 7.39. The highest BCUT2D eigenvalue weighted by Gasteiger charge is 2.53. The number of aliphatic imine (C=N–C) groups is 1. The minimum atomic E-state index is 0. The van der Waals surface area contributed by atoms with Gasteiger partial charge in [0.15, 0.2) is 5.96 Å². The first-order chi connectivity index (χ1) is 13.0. The molecule has 0 heterocycles. The van der Waals surface area contributed by atoms with Crippen molar-refractivity contribution in [2.75, 3.05) is 27.7 Å². The van der Waals surface area contributed by atoms with Crippen molar-refractivity contribution in [3.8, 4) is 0 Å². The maximum Gasteiger partial charge on any atom is 0.241 e. The Hall–Kier alpha value is -1.35. The largest absolute Gasteiger partial charge is 0.381 e. The molecule has 0 saturated heterocycles. The average Bonchev–Trinajstić information content (AvgIpc) is 2.67. The lowest BCUT2D eigenvalue weighted by Gasteiger charge is -2.55. The Bertz CT molecular complexity index is 633. The van der Waals surface area contributed by atoms with Crippen LogP contribution in [-0.4, -0.2) is 56.7 Å². The molecule has 1 aromatic carbocycles. The van der Waals surface area contributed by atoms with E-state index in [0.29, 0.717) is 12.5 Å². The number of carbonyl (C=O) groups is 1. The zero-order valence-electron chi connectivity index (χ0n) is 17.7. The fraction of sp³-hybridized carbons (Fsp3) is 0.619. The molecule has 0 radical (unpaired) electrons. The second-order valence-electron chi connectivity index (χ2n) is 7.39.